The maximum absolute atomic E-state index is 11.4. The molecule has 21 heavy (non-hydrogen) atoms. The van der Waals surface area contributed by atoms with Gasteiger partial charge < -0.3 is 5.11 Å². The molecule has 1 aliphatic heterocycles. The molecule has 1 aromatic carbocycles. The number of aliphatic hydroxyl groups is 1. The third-order valence-electron chi connectivity index (χ3n) is 5.87. The van der Waals surface area contributed by atoms with Gasteiger partial charge in [0.25, 0.3) is 0 Å². The Kier molecular flexibility index (Phi) is 3.52. The summed E-state index contributed by atoms with van der Waals surface area (Å²) in [5, 5.41) is 12.1. The monoisotopic (exact) mass is 305 g/mol. The number of halogens is 1. The SMILES string of the molecule is OC1(c2ccc(Cl)cc2)CCCC2C1CCN2CC1CC1. The molecule has 0 radical (unpaired) electrons. The number of hydrogen-bond acceptors (Lipinski definition) is 2. The van der Waals surface area contributed by atoms with E-state index >= 15 is 0 Å². The Balaban J connectivity index is 1.59. The zero-order valence-corrected chi connectivity index (χ0v) is 13.2. The second kappa shape index (κ2) is 5.26. The molecule has 0 aromatic heterocycles. The number of benzene rings is 1. The molecule has 3 aliphatic rings. The van der Waals surface area contributed by atoms with Crippen LogP contribution in [0.15, 0.2) is 24.3 Å². The Labute approximate surface area is 132 Å². The van der Waals surface area contributed by atoms with Crippen molar-refractivity contribution in [1.82, 2.24) is 4.90 Å². The molecule has 3 atom stereocenters. The van der Waals surface area contributed by atoms with Crippen LogP contribution in [0.5, 0.6) is 0 Å². The highest BCUT2D eigenvalue weighted by Gasteiger charge is 2.50. The molecule has 4 rings (SSSR count). The molecule has 1 N–H and O–H groups in total. The van der Waals surface area contributed by atoms with Crippen molar-refractivity contribution in [2.45, 2.75) is 50.2 Å². The first-order valence-corrected chi connectivity index (χ1v) is 8.77. The lowest BCUT2D eigenvalue weighted by Gasteiger charge is -2.44. The van der Waals surface area contributed by atoms with Gasteiger partial charge in [-0.3, -0.25) is 4.90 Å². The van der Waals surface area contributed by atoms with Gasteiger partial charge in [0.15, 0.2) is 0 Å². The average molecular weight is 306 g/mol. The van der Waals surface area contributed by atoms with Crippen LogP contribution >= 0.6 is 11.6 Å². The lowest BCUT2D eigenvalue weighted by atomic mass is 9.69. The largest absolute Gasteiger partial charge is 0.385 e. The highest BCUT2D eigenvalue weighted by molar-refractivity contribution is 6.30. The highest BCUT2D eigenvalue weighted by Crippen LogP contribution is 2.49. The van der Waals surface area contributed by atoms with E-state index in [1.165, 1.54) is 32.4 Å². The molecular formula is C18H24ClNO. The summed E-state index contributed by atoms with van der Waals surface area (Å²) in [6, 6.07) is 8.45. The van der Waals surface area contributed by atoms with Crippen molar-refractivity contribution in [3.63, 3.8) is 0 Å². The fraction of sp³-hybridized carbons (Fsp3) is 0.667. The Bertz CT molecular complexity index is 512. The number of likely N-dealkylation sites (tertiary alicyclic amines) is 1. The lowest BCUT2D eigenvalue weighted by molar-refractivity contribution is -0.0687. The first-order chi connectivity index (χ1) is 10.2. The quantitative estimate of drug-likeness (QED) is 0.918. The highest BCUT2D eigenvalue weighted by atomic mass is 35.5. The van der Waals surface area contributed by atoms with Crippen molar-refractivity contribution in [2.24, 2.45) is 11.8 Å². The van der Waals surface area contributed by atoms with Gasteiger partial charge in [0.2, 0.25) is 0 Å². The molecule has 2 nitrogen and oxygen atoms in total. The first kappa shape index (κ1) is 14.0. The molecule has 0 bridgehead atoms. The summed E-state index contributed by atoms with van der Waals surface area (Å²) in [7, 11) is 0. The normalized spacial score (nSPS) is 36.7. The van der Waals surface area contributed by atoms with E-state index in [-0.39, 0.29) is 0 Å². The molecule has 3 fully saturated rings. The van der Waals surface area contributed by atoms with Gasteiger partial charge in [-0.1, -0.05) is 23.7 Å². The van der Waals surface area contributed by atoms with Crippen LogP contribution in [0.1, 0.15) is 44.1 Å². The van der Waals surface area contributed by atoms with Gasteiger partial charge in [-0.2, -0.15) is 0 Å². The summed E-state index contributed by atoms with van der Waals surface area (Å²) in [6.45, 7) is 2.43. The fourth-order valence-corrected chi connectivity index (χ4v) is 4.71. The second-order valence-corrected chi connectivity index (χ2v) is 7.66. The predicted octanol–water partition coefficient (Wildman–Crippen LogP) is 3.81. The molecular weight excluding hydrogens is 282 g/mol. The zero-order valence-electron chi connectivity index (χ0n) is 12.5. The van der Waals surface area contributed by atoms with Crippen LogP contribution in [-0.2, 0) is 5.60 Å². The molecule has 1 saturated heterocycles. The van der Waals surface area contributed by atoms with Crippen LogP contribution in [0.25, 0.3) is 0 Å². The van der Waals surface area contributed by atoms with Crippen molar-refractivity contribution in [3.8, 4) is 0 Å². The van der Waals surface area contributed by atoms with Gasteiger partial charge in [0.05, 0.1) is 5.60 Å². The Morgan fingerprint density at radius 2 is 1.90 bits per heavy atom. The fourth-order valence-electron chi connectivity index (χ4n) is 4.58. The summed E-state index contributed by atoms with van der Waals surface area (Å²) in [4.78, 5) is 2.67. The third kappa shape index (κ3) is 2.52. The van der Waals surface area contributed by atoms with E-state index in [1.807, 2.05) is 24.3 Å². The molecule has 0 spiro atoms. The molecule has 2 saturated carbocycles. The zero-order chi connectivity index (χ0) is 14.4. The summed E-state index contributed by atoms with van der Waals surface area (Å²) in [6.07, 6.45) is 7.24. The van der Waals surface area contributed by atoms with E-state index in [0.717, 1.165) is 35.8 Å². The molecule has 114 valence electrons. The minimum atomic E-state index is -0.647. The number of nitrogens with zero attached hydrogens (tertiary/aromatic N) is 1. The maximum atomic E-state index is 11.4. The van der Waals surface area contributed by atoms with Gasteiger partial charge in [0.1, 0.15) is 0 Å². The Morgan fingerprint density at radius 1 is 1.14 bits per heavy atom. The topological polar surface area (TPSA) is 23.5 Å². The third-order valence-corrected chi connectivity index (χ3v) is 6.12. The number of hydrogen-bond donors (Lipinski definition) is 1. The molecule has 3 unspecified atom stereocenters. The summed E-state index contributed by atoms with van der Waals surface area (Å²) >= 11 is 6.00. The standard InChI is InChI=1S/C18H24ClNO/c19-15-7-5-14(6-8-15)18(21)10-1-2-17-16(18)9-11-20(17)12-13-3-4-13/h5-8,13,16-17,21H,1-4,9-12H2. The van der Waals surface area contributed by atoms with Crippen LogP contribution in [-0.4, -0.2) is 29.1 Å². The van der Waals surface area contributed by atoms with Crippen molar-refractivity contribution in [1.29, 1.82) is 0 Å². The smallest absolute Gasteiger partial charge is 0.0940 e. The Morgan fingerprint density at radius 3 is 2.62 bits per heavy atom. The van der Waals surface area contributed by atoms with Crippen LogP contribution in [0.3, 0.4) is 0 Å². The average Bonchev–Trinajstić information content (AvgIpc) is 3.20. The predicted molar refractivity (Wildman–Crippen MR) is 85.4 cm³/mol. The number of rotatable bonds is 3. The molecule has 1 heterocycles. The van der Waals surface area contributed by atoms with Gasteiger partial charge in [-0.15, -0.1) is 0 Å². The van der Waals surface area contributed by atoms with Crippen molar-refractivity contribution in [3.05, 3.63) is 34.9 Å². The van der Waals surface area contributed by atoms with Crippen molar-refractivity contribution >= 4 is 11.6 Å². The van der Waals surface area contributed by atoms with Crippen molar-refractivity contribution in [2.75, 3.05) is 13.1 Å². The van der Waals surface area contributed by atoms with Crippen LogP contribution in [0.2, 0.25) is 5.02 Å². The van der Waals surface area contributed by atoms with Gasteiger partial charge >= 0.3 is 0 Å². The van der Waals surface area contributed by atoms with Crippen LogP contribution < -0.4 is 0 Å². The van der Waals surface area contributed by atoms with E-state index in [4.69, 9.17) is 11.6 Å². The van der Waals surface area contributed by atoms with Gasteiger partial charge in [0, 0.05) is 23.5 Å². The molecule has 1 aromatic rings. The minimum Gasteiger partial charge on any atom is -0.385 e. The maximum Gasteiger partial charge on any atom is 0.0940 e. The Hall–Kier alpha value is -0.570. The molecule has 2 aliphatic carbocycles. The lowest BCUT2D eigenvalue weighted by Crippen LogP contribution is -2.47. The summed E-state index contributed by atoms with van der Waals surface area (Å²) in [5.74, 6) is 1.33. The first-order valence-electron chi connectivity index (χ1n) is 8.39. The summed E-state index contributed by atoms with van der Waals surface area (Å²) in [5.41, 5.74) is 0.418. The van der Waals surface area contributed by atoms with E-state index in [2.05, 4.69) is 4.90 Å². The van der Waals surface area contributed by atoms with E-state index in [9.17, 15) is 5.11 Å². The number of fused-ring (bicyclic) bond motifs is 1. The van der Waals surface area contributed by atoms with E-state index in [1.54, 1.807) is 0 Å². The van der Waals surface area contributed by atoms with E-state index < -0.39 is 5.60 Å². The van der Waals surface area contributed by atoms with Gasteiger partial charge in [-0.05, 0) is 68.7 Å². The van der Waals surface area contributed by atoms with Crippen LogP contribution in [0, 0.1) is 11.8 Å². The summed E-state index contributed by atoms with van der Waals surface area (Å²) < 4.78 is 0. The van der Waals surface area contributed by atoms with Gasteiger partial charge in [-0.25, -0.2) is 0 Å². The van der Waals surface area contributed by atoms with Crippen LogP contribution in [0.4, 0.5) is 0 Å². The second-order valence-electron chi connectivity index (χ2n) is 7.22. The van der Waals surface area contributed by atoms with Crippen molar-refractivity contribution < 1.29 is 5.11 Å². The molecule has 0 amide bonds. The minimum absolute atomic E-state index is 0.395. The van der Waals surface area contributed by atoms with E-state index in [0.29, 0.717) is 12.0 Å². The molecule has 3 heteroatoms.